The highest BCUT2D eigenvalue weighted by Gasteiger charge is 2.26. The molecule has 48 heavy (non-hydrogen) atoms. The van der Waals surface area contributed by atoms with Crippen molar-refractivity contribution in [3.05, 3.63) is 94.9 Å². The molecular weight excluding hydrogens is 616 g/mol. The Labute approximate surface area is 277 Å². The number of carbonyl (C=O) groups is 1. The number of aryl methyl sites for hydroxylation is 1. The molecule has 0 spiro atoms. The number of ether oxygens (including phenoxy) is 3. The molecule has 5 aromatic rings. The molecule has 14 nitrogen and oxygen atoms in total. The molecule has 0 saturated carbocycles. The molecular formula is C34H38N8O6. The minimum absolute atomic E-state index is 0.114. The summed E-state index contributed by atoms with van der Waals surface area (Å²) in [6.07, 6.45) is 1.20. The van der Waals surface area contributed by atoms with Crippen molar-refractivity contribution in [2.24, 2.45) is 0 Å². The number of hydrogen-bond donors (Lipinski definition) is 2. The summed E-state index contributed by atoms with van der Waals surface area (Å²) in [6.45, 7) is 4.79. The number of pyridine rings is 1. The minimum atomic E-state index is -1.10. The predicted octanol–water partition coefficient (Wildman–Crippen LogP) is 3.94. The molecule has 1 saturated heterocycles. The number of anilines is 2. The Morgan fingerprint density at radius 2 is 1.48 bits per heavy atom. The largest absolute Gasteiger partial charge is 0.497 e. The van der Waals surface area contributed by atoms with Gasteiger partial charge in [-0.15, -0.1) is 5.10 Å². The van der Waals surface area contributed by atoms with Crippen LogP contribution in [0.5, 0.6) is 17.5 Å². The second kappa shape index (κ2) is 14.0. The van der Waals surface area contributed by atoms with Crippen LogP contribution in [0.2, 0.25) is 0 Å². The van der Waals surface area contributed by atoms with Gasteiger partial charge in [-0.25, -0.2) is 19.3 Å². The fourth-order valence-electron chi connectivity index (χ4n) is 5.81. The highest BCUT2D eigenvalue weighted by Crippen LogP contribution is 2.31. The van der Waals surface area contributed by atoms with Gasteiger partial charge in [0.2, 0.25) is 0 Å². The summed E-state index contributed by atoms with van der Waals surface area (Å²) >= 11 is 0. The van der Waals surface area contributed by atoms with Crippen LogP contribution in [0.3, 0.4) is 0 Å². The van der Waals surface area contributed by atoms with E-state index in [4.69, 9.17) is 24.2 Å². The van der Waals surface area contributed by atoms with Crippen molar-refractivity contribution >= 4 is 23.4 Å². The number of nitrogens with zero attached hydrogens (tertiary/aromatic N) is 8. The van der Waals surface area contributed by atoms with Crippen LogP contribution in [0.25, 0.3) is 5.65 Å². The van der Waals surface area contributed by atoms with Gasteiger partial charge in [0.05, 0.1) is 33.2 Å². The van der Waals surface area contributed by atoms with Crippen LogP contribution in [0.1, 0.15) is 34.1 Å². The number of amides is 1. The van der Waals surface area contributed by atoms with Crippen molar-refractivity contribution in [1.29, 1.82) is 0 Å². The van der Waals surface area contributed by atoms with E-state index < -0.39 is 12.2 Å². The van der Waals surface area contributed by atoms with Crippen molar-refractivity contribution in [3.63, 3.8) is 0 Å². The molecule has 0 aliphatic carbocycles. The molecule has 0 bridgehead atoms. The molecule has 1 amide bonds. The first-order chi connectivity index (χ1) is 23.3. The number of benzene rings is 2. The normalized spacial score (nSPS) is 13.8. The fraction of sp³-hybridized carbons (Fsp3) is 0.324. The molecule has 6 rings (SSSR count). The average Bonchev–Trinajstić information content (AvgIpc) is 3.55. The average molecular weight is 655 g/mol. The maximum atomic E-state index is 11.6. The van der Waals surface area contributed by atoms with Gasteiger partial charge in [0.1, 0.15) is 23.4 Å². The Balaban J connectivity index is 1.33. The molecule has 4 heterocycles. The van der Waals surface area contributed by atoms with E-state index in [0.717, 1.165) is 34.0 Å². The Bertz CT molecular complexity index is 1820. The summed E-state index contributed by atoms with van der Waals surface area (Å²) in [5, 5.41) is 25.5. The van der Waals surface area contributed by atoms with Gasteiger partial charge in [-0.1, -0.05) is 24.3 Å². The van der Waals surface area contributed by atoms with E-state index in [1.807, 2.05) is 61.5 Å². The SMILES string of the molecule is COc1ccc(CN(Cc2ccc(OC)cc2)c2nc(OC)nn3c(C(O)c4cnc(N5CCN(C(=O)O)CC5)c(C)c4)cnc23)cc1. The smallest absolute Gasteiger partial charge is 0.407 e. The summed E-state index contributed by atoms with van der Waals surface area (Å²) in [5.74, 6) is 2.80. The number of piperazine rings is 1. The molecule has 1 aliphatic heterocycles. The summed E-state index contributed by atoms with van der Waals surface area (Å²) < 4.78 is 17.8. The molecule has 250 valence electrons. The molecule has 1 aliphatic rings. The molecule has 1 atom stereocenters. The number of carboxylic acid groups (broad SMARTS) is 1. The van der Waals surface area contributed by atoms with Crippen LogP contribution in [0.4, 0.5) is 16.4 Å². The number of rotatable bonds is 11. The van der Waals surface area contributed by atoms with E-state index in [0.29, 0.717) is 62.0 Å². The van der Waals surface area contributed by atoms with E-state index in [-0.39, 0.29) is 6.01 Å². The van der Waals surface area contributed by atoms with Gasteiger partial charge in [-0.3, -0.25) is 0 Å². The van der Waals surface area contributed by atoms with E-state index in [2.05, 4.69) is 19.9 Å². The molecule has 0 radical (unpaired) electrons. The third-order valence-corrected chi connectivity index (χ3v) is 8.42. The first-order valence-corrected chi connectivity index (χ1v) is 15.5. The van der Waals surface area contributed by atoms with Crippen LogP contribution in [-0.4, -0.2) is 93.3 Å². The first kappa shape index (κ1) is 32.3. The maximum Gasteiger partial charge on any atom is 0.407 e. The summed E-state index contributed by atoms with van der Waals surface area (Å²) in [5.41, 5.74) is 4.35. The summed E-state index contributed by atoms with van der Waals surface area (Å²) in [6, 6.07) is 17.7. The number of methoxy groups -OCH3 is 3. The predicted molar refractivity (Wildman–Crippen MR) is 178 cm³/mol. The molecule has 3 aromatic heterocycles. The van der Waals surface area contributed by atoms with Crippen molar-refractivity contribution in [2.45, 2.75) is 26.1 Å². The maximum absolute atomic E-state index is 11.6. The standard InChI is InChI=1S/C34H38N8O6/c1-22-17-25(18-35-30(22)39-13-15-40(16-14-39)34(44)45)29(43)28-19-36-31-32(37-33(48-4)38-42(28)31)41(20-23-5-9-26(46-2)10-6-23)21-24-7-11-27(47-3)12-8-24/h5-12,17-19,29,43H,13-16,20-21H2,1-4H3,(H,44,45). The van der Waals surface area contributed by atoms with Crippen LogP contribution in [-0.2, 0) is 13.1 Å². The lowest BCUT2D eigenvalue weighted by Gasteiger charge is -2.34. The Kier molecular flexibility index (Phi) is 9.43. The van der Waals surface area contributed by atoms with Crippen molar-refractivity contribution in [2.75, 3.05) is 57.3 Å². The van der Waals surface area contributed by atoms with E-state index in [1.54, 1.807) is 31.1 Å². The molecule has 1 unspecified atom stereocenters. The van der Waals surface area contributed by atoms with Crippen LogP contribution < -0.4 is 24.0 Å². The minimum Gasteiger partial charge on any atom is -0.497 e. The van der Waals surface area contributed by atoms with Gasteiger partial charge in [0.15, 0.2) is 11.5 Å². The highest BCUT2D eigenvalue weighted by molar-refractivity contribution is 5.66. The van der Waals surface area contributed by atoms with Gasteiger partial charge in [-0.05, 0) is 53.9 Å². The lowest BCUT2D eigenvalue weighted by atomic mass is 10.1. The zero-order valence-electron chi connectivity index (χ0n) is 27.3. The highest BCUT2D eigenvalue weighted by atomic mass is 16.5. The monoisotopic (exact) mass is 654 g/mol. The molecule has 14 heteroatoms. The number of hydrogen-bond acceptors (Lipinski definition) is 11. The topological polar surface area (TPSA) is 151 Å². The molecule has 1 fully saturated rings. The summed E-state index contributed by atoms with van der Waals surface area (Å²) in [7, 11) is 4.77. The van der Waals surface area contributed by atoms with E-state index in [1.165, 1.54) is 12.0 Å². The second-order valence-corrected chi connectivity index (χ2v) is 11.5. The van der Waals surface area contributed by atoms with Gasteiger partial charge >= 0.3 is 12.1 Å². The zero-order valence-corrected chi connectivity index (χ0v) is 27.3. The summed E-state index contributed by atoms with van der Waals surface area (Å²) in [4.78, 5) is 31.0. The third-order valence-electron chi connectivity index (χ3n) is 8.42. The number of fused-ring (bicyclic) bond motifs is 1. The second-order valence-electron chi connectivity index (χ2n) is 11.5. The van der Waals surface area contributed by atoms with E-state index >= 15 is 0 Å². The third kappa shape index (κ3) is 6.74. The number of imidazole rings is 1. The molecule has 2 N–H and O–H groups in total. The number of aliphatic hydroxyl groups is 1. The lowest BCUT2D eigenvalue weighted by molar-refractivity contribution is 0.142. The van der Waals surface area contributed by atoms with Gasteiger partial charge in [0.25, 0.3) is 0 Å². The van der Waals surface area contributed by atoms with Gasteiger partial charge < -0.3 is 39.1 Å². The lowest BCUT2D eigenvalue weighted by Crippen LogP contribution is -2.48. The van der Waals surface area contributed by atoms with Crippen LogP contribution in [0, 0.1) is 6.92 Å². The Morgan fingerprint density at radius 3 is 2.00 bits per heavy atom. The number of aromatic nitrogens is 5. The first-order valence-electron chi connectivity index (χ1n) is 15.5. The van der Waals surface area contributed by atoms with Crippen LogP contribution >= 0.6 is 0 Å². The zero-order chi connectivity index (χ0) is 33.8. The Morgan fingerprint density at radius 1 is 0.875 bits per heavy atom. The van der Waals surface area contributed by atoms with Crippen LogP contribution in [0.15, 0.2) is 67.0 Å². The van der Waals surface area contributed by atoms with Gasteiger partial charge in [0, 0.05) is 51.0 Å². The quantitative estimate of drug-likeness (QED) is 0.212. The molecule has 2 aromatic carbocycles. The van der Waals surface area contributed by atoms with Crippen molar-refractivity contribution < 1.29 is 29.2 Å². The Hall–Kier alpha value is -5.63. The van der Waals surface area contributed by atoms with Crippen molar-refractivity contribution in [3.8, 4) is 17.5 Å². The van der Waals surface area contributed by atoms with Crippen molar-refractivity contribution in [1.82, 2.24) is 29.5 Å². The number of aliphatic hydroxyl groups excluding tert-OH is 1. The fourth-order valence-corrected chi connectivity index (χ4v) is 5.81. The van der Waals surface area contributed by atoms with E-state index in [9.17, 15) is 15.0 Å². The van der Waals surface area contributed by atoms with Gasteiger partial charge in [-0.2, -0.15) is 4.98 Å².